The lowest BCUT2D eigenvalue weighted by atomic mass is 10.1. The molecule has 0 aliphatic carbocycles. The van der Waals surface area contributed by atoms with E-state index < -0.39 is 10.0 Å². The Bertz CT molecular complexity index is 1390. The maximum atomic E-state index is 13.5. The molecule has 6 nitrogen and oxygen atoms in total. The van der Waals surface area contributed by atoms with E-state index in [1.54, 1.807) is 24.4 Å². The summed E-state index contributed by atoms with van der Waals surface area (Å²) in [6.45, 7) is 1.94. The monoisotopic (exact) mass is 460 g/mol. The summed E-state index contributed by atoms with van der Waals surface area (Å²) in [4.78, 5) is 12.6. The number of nitrogens with zero attached hydrogens (tertiary/aromatic N) is 1. The predicted molar refractivity (Wildman–Crippen MR) is 128 cm³/mol. The molecule has 0 bridgehead atoms. The van der Waals surface area contributed by atoms with Crippen LogP contribution in [0.1, 0.15) is 16.8 Å². The van der Waals surface area contributed by atoms with E-state index in [0.717, 1.165) is 29.5 Å². The summed E-state index contributed by atoms with van der Waals surface area (Å²) in [5, 5.41) is 3.76. The number of carbonyl (C=O) groups excluding carboxylic acids is 1. The molecule has 33 heavy (non-hydrogen) atoms. The summed E-state index contributed by atoms with van der Waals surface area (Å²) in [5.41, 5.74) is 2.83. The number of carbonyl (C=O) groups is 1. The Kier molecular flexibility index (Phi) is 5.74. The fourth-order valence-corrected chi connectivity index (χ4v) is 5.54. The van der Waals surface area contributed by atoms with Crippen LogP contribution in [0.15, 0.2) is 90.0 Å². The van der Waals surface area contributed by atoms with Crippen molar-refractivity contribution in [2.45, 2.75) is 11.3 Å². The van der Waals surface area contributed by atoms with E-state index in [2.05, 4.69) is 5.32 Å². The topological polar surface area (TPSA) is 77.4 Å². The van der Waals surface area contributed by atoms with Gasteiger partial charge in [0.05, 0.1) is 17.0 Å². The Balaban J connectivity index is 1.45. The van der Waals surface area contributed by atoms with Crippen LogP contribution in [0.2, 0.25) is 0 Å². The molecule has 0 saturated carbocycles. The van der Waals surface area contributed by atoms with Crippen LogP contribution in [0.3, 0.4) is 0 Å². The highest BCUT2D eigenvalue weighted by molar-refractivity contribution is 7.90. The van der Waals surface area contributed by atoms with E-state index in [4.69, 9.17) is 4.74 Å². The standard InChI is InChI=1S/C26H24N2O4S/c29-26(27-16-19-14-15-32-18-19)21-10-12-22(13-11-21)33(30,31)28-17-24(20-6-2-1-3-7-20)23-8-4-5-9-25(23)28/h1-13,17,19H,14-16,18H2,(H,27,29). The normalized spacial score (nSPS) is 16.2. The number of ether oxygens (including phenoxy) is 1. The van der Waals surface area contributed by atoms with Crippen molar-refractivity contribution < 1.29 is 17.9 Å². The lowest BCUT2D eigenvalue weighted by Crippen LogP contribution is -2.29. The van der Waals surface area contributed by atoms with Crippen LogP contribution in [0.25, 0.3) is 22.0 Å². The Morgan fingerprint density at radius 3 is 2.42 bits per heavy atom. The van der Waals surface area contributed by atoms with Gasteiger partial charge in [-0.25, -0.2) is 12.4 Å². The number of hydrogen-bond acceptors (Lipinski definition) is 4. The minimum absolute atomic E-state index is 0.128. The van der Waals surface area contributed by atoms with Crippen LogP contribution in [-0.4, -0.2) is 38.1 Å². The third-order valence-electron chi connectivity index (χ3n) is 6.01. The first kappa shape index (κ1) is 21.4. The van der Waals surface area contributed by atoms with Crippen molar-refractivity contribution >= 4 is 26.8 Å². The molecule has 1 unspecified atom stereocenters. The highest BCUT2D eigenvalue weighted by Crippen LogP contribution is 2.33. The summed E-state index contributed by atoms with van der Waals surface area (Å²) in [6.07, 6.45) is 2.60. The minimum Gasteiger partial charge on any atom is -0.381 e. The third kappa shape index (κ3) is 4.17. The van der Waals surface area contributed by atoms with Gasteiger partial charge in [0.25, 0.3) is 15.9 Å². The molecule has 5 rings (SSSR count). The smallest absolute Gasteiger partial charge is 0.268 e. The van der Waals surface area contributed by atoms with Crippen LogP contribution >= 0.6 is 0 Å². The predicted octanol–water partition coefficient (Wildman–Crippen LogP) is 4.31. The number of hydrogen-bond donors (Lipinski definition) is 1. The van der Waals surface area contributed by atoms with Crippen molar-refractivity contribution in [3.63, 3.8) is 0 Å². The van der Waals surface area contributed by atoms with E-state index >= 15 is 0 Å². The first-order valence-electron chi connectivity index (χ1n) is 10.9. The molecular formula is C26H24N2O4S. The summed E-state index contributed by atoms with van der Waals surface area (Å²) in [5.74, 6) is 0.109. The highest BCUT2D eigenvalue weighted by Gasteiger charge is 2.22. The Morgan fingerprint density at radius 2 is 1.70 bits per heavy atom. The van der Waals surface area contributed by atoms with Gasteiger partial charge in [0.1, 0.15) is 0 Å². The lowest BCUT2D eigenvalue weighted by molar-refractivity contribution is 0.0945. The molecule has 4 aromatic rings. The Labute approximate surface area is 192 Å². The molecule has 168 valence electrons. The zero-order valence-electron chi connectivity index (χ0n) is 18.0. The van der Waals surface area contributed by atoms with Gasteiger partial charge in [0.2, 0.25) is 0 Å². The summed E-state index contributed by atoms with van der Waals surface area (Å²) in [7, 11) is -3.85. The number of fused-ring (bicyclic) bond motifs is 1. The molecule has 3 aromatic carbocycles. The van der Waals surface area contributed by atoms with Crippen LogP contribution < -0.4 is 5.32 Å². The summed E-state index contributed by atoms with van der Waals surface area (Å²) < 4.78 is 33.7. The molecule has 1 fully saturated rings. The van der Waals surface area contributed by atoms with E-state index in [9.17, 15) is 13.2 Å². The first-order chi connectivity index (χ1) is 16.0. The summed E-state index contributed by atoms with van der Waals surface area (Å²) in [6, 6.07) is 23.2. The number of benzene rings is 3. The largest absolute Gasteiger partial charge is 0.381 e. The van der Waals surface area contributed by atoms with Crippen molar-refractivity contribution in [1.29, 1.82) is 0 Å². The average Bonchev–Trinajstić information content (AvgIpc) is 3.51. The zero-order valence-corrected chi connectivity index (χ0v) is 18.8. The minimum atomic E-state index is -3.85. The van der Waals surface area contributed by atoms with Gasteiger partial charge in [-0.3, -0.25) is 4.79 Å². The molecular weight excluding hydrogens is 436 g/mol. The van der Waals surface area contributed by atoms with Gasteiger partial charge in [-0.05, 0) is 42.3 Å². The van der Waals surface area contributed by atoms with Crippen molar-refractivity contribution in [3.8, 4) is 11.1 Å². The van der Waals surface area contributed by atoms with E-state index in [-0.39, 0.29) is 10.8 Å². The Morgan fingerprint density at radius 1 is 0.970 bits per heavy atom. The molecule has 0 radical (unpaired) electrons. The van der Waals surface area contributed by atoms with Gasteiger partial charge >= 0.3 is 0 Å². The Hall–Kier alpha value is -3.42. The zero-order chi connectivity index (χ0) is 22.8. The van der Waals surface area contributed by atoms with Crippen LogP contribution in [-0.2, 0) is 14.8 Å². The molecule has 1 aromatic heterocycles. The van der Waals surface area contributed by atoms with E-state index in [1.807, 2.05) is 48.5 Å². The van der Waals surface area contributed by atoms with Crippen LogP contribution in [0.5, 0.6) is 0 Å². The number of nitrogens with one attached hydrogen (secondary N) is 1. The van der Waals surface area contributed by atoms with Gasteiger partial charge < -0.3 is 10.1 Å². The fourth-order valence-electron chi connectivity index (χ4n) is 4.17. The molecule has 0 spiro atoms. The maximum Gasteiger partial charge on any atom is 0.268 e. The molecule has 1 saturated heterocycles. The molecule has 1 aliphatic rings. The molecule has 2 heterocycles. The van der Waals surface area contributed by atoms with Crippen molar-refractivity contribution in [2.75, 3.05) is 19.8 Å². The number of para-hydroxylation sites is 1. The van der Waals surface area contributed by atoms with Crippen LogP contribution in [0.4, 0.5) is 0 Å². The van der Waals surface area contributed by atoms with Crippen molar-refractivity contribution in [1.82, 2.24) is 9.29 Å². The molecule has 1 N–H and O–H groups in total. The second-order valence-corrected chi connectivity index (χ2v) is 10.0. The van der Waals surface area contributed by atoms with Gasteiger partial charge in [-0.1, -0.05) is 48.5 Å². The van der Waals surface area contributed by atoms with E-state index in [1.165, 1.54) is 16.1 Å². The molecule has 1 aliphatic heterocycles. The molecule has 1 atom stereocenters. The fraction of sp³-hybridized carbons (Fsp3) is 0.192. The second-order valence-electron chi connectivity index (χ2n) is 8.19. The second kappa shape index (κ2) is 8.84. The van der Waals surface area contributed by atoms with Gasteiger partial charge in [0, 0.05) is 41.8 Å². The van der Waals surface area contributed by atoms with Crippen molar-refractivity contribution in [3.05, 3.63) is 90.6 Å². The van der Waals surface area contributed by atoms with E-state index in [0.29, 0.717) is 30.1 Å². The maximum absolute atomic E-state index is 13.5. The van der Waals surface area contributed by atoms with Gasteiger partial charge in [-0.2, -0.15) is 0 Å². The number of aromatic nitrogens is 1. The quantitative estimate of drug-likeness (QED) is 0.465. The average molecular weight is 461 g/mol. The van der Waals surface area contributed by atoms with Crippen molar-refractivity contribution in [2.24, 2.45) is 5.92 Å². The number of amides is 1. The molecule has 7 heteroatoms. The van der Waals surface area contributed by atoms with Gasteiger partial charge in [0.15, 0.2) is 0 Å². The van der Waals surface area contributed by atoms with Gasteiger partial charge in [-0.15, -0.1) is 0 Å². The number of rotatable bonds is 6. The highest BCUT2D eigenvalue weighted by atomic mass is 32.2. The first-order valence-corrected chi connectivity index (χ1v) is 12.3. The third-order valence-corrected chi connectivity index (χ3v) is 7.70. The SMILES string of the molecule is O=C(NCC1CCOC1)c1ccc(S(=O)(=O)n2cc(-c3ccccc3)c3ccccc32)cc1. The molecule has 1 amide bonds. The summed E-state index contributed by atoms with van der Waals surface area (Å²) >= 11 is 0. The van der Waals surface area contributed by atoms with Crippen LogP contribution in [0, 0.1) is 5.92 Å². The lowest BCUT2D eigenvalue weighted by Gasteiger charge is -2.11.